The Morgan fingerprint density at radius 2 is 0.220 bits per heavy atom. The molecule has 0 aliphatic carbocycles. The van der Waals surface area contributed by atoms with Gasteiger partial charge in [-0.1, -0.05) is 170 Å². The van der Waals surface area contributed by atoms with E-state index in [4.69, 9.17) is 0 Å². The van der Waals surface area contributed by atoms with Crippen molar-refractivity contribution in [1.29, 1.82) is 0 Å². The lowest BCUT2D eigenvalue weighted by Crippen LogP contribution is -1.84. The normalized spacial score (nSPS) is 11.0. The molecule has 0 aromatic heterocycles. The lowest BCUT2D eigenvalue weighted by Gasteiger charge is -2.09. The van der Waals surface area contributed by atoms with Gasteiger partial charge >= 0.3 is 0 Å². The lowest BCUT2D eigenvalue weighted by atomic mass is 9.95. The monoisotopic (exact) mass is 646 g/mol. The number of hydrogen-bond donors (Lipinski definition) is 0. The summed E-state index contributed by atoms with van der Waals surface area (Å²) in [6, 6.07) is 64.7. The van der Waals surface area contributed by atoms with Crippen LogP contribution >= 0.6 is 0 Å². The molecule has 0 saturated heterocycles. The van der Waals surface area contributed by atoms with Gasteiger partial charge in [0, 0.05) is 0 Å². The van der Waals surface area contributed by atoms with Crippen molar-refractivity contribution in [1.82, 2.24) is 0 Å². The molecule has 0 unspecified atom stereocenters. The Kier molecular flexibility index (Phi) is 8.42. The van der Waals surface area contributed by atoms with Crippen LogP contribution in [0.4, 0.5) is 8.78 Å². The van der Waals surface area contributed by atoms with Crippen molar-refractivity contribution >= 4 is 0 Å². The van der Waals surface area contributed by atoms with Crippen LogP contribution in [0.2, 0.25) is 0 Å². The van der Waals surface area contributed by atoms with Gasteiger partial charge in [-0.05, 0) is 102 Å². The first-order valence-corrected chi connectivity index (χ1v) is 16.7. The van der Waals surface area contributed by atoms with Crippen molar-refractivity contribution < 1.29 is 8.78 Å². The van der Waals surface area contributed by atoms with Crippen LogP contribution in [0.5, 0.6) is 0 Å². The van der Waals surface area contributed by atoms with Gasteiger partial charge in [0.25, 0.3) is 0 Å². The maximum atomic E-state index is 13.3. The Labute approximate surface area is 291 Å². The molecular formula is C48H32F2. The van der Waals surface area contributed by atoms with E-state index in [1.54, 1.807) is 24.3 Å². The highest BCUT2D eigenvalue weighted by molar-refractivity contribution is 5.77. The molecule has 0 amide bonds. The van der Waals surface area contributed by atoms with E-state index in [-0.39, 0.29) is 11.6 Å². The molecule has 2 heteroatoms. The van der Waals surface area contributed by atoms with Crippen LogP contribution in [0.25, 0.3) is 77.9 Å². The minimum absolute atomic E-state index is 0.224. The van der Waals surface area contributed by atoms with Gasteiger partial charge in [-0.25, -0.2) is 8.78 Å². The highest BCUT2D eigenvalue weighted by atomic mass is 19.1. The van der Waals surface area contributed by atoms with Crippen LogP contribution in [0.1, 0.15) is 0 Å². The fourth-order valence-corrected chi connectivity index (χ4v) is 6.42. The third kappa shape index (κ3) is 6.65. The minimum atomic E-state index is -0.224. The zero-order valence-electron chi connectivity index (χ0n) is 27.2. The largest absolute Gasteiger partial charge is 0.207 e. The van der Waals surface area contributed by atoms with E-state index in [2.05, 4.69) is 146 Å². The average Bonchev–Trinajstić information content (AvgIpc) is 3.19. The van der Waals surface area contributed by atoms with E-state index in [1.807, 2.05) is 0 Å². The van der Waals surface area contributed by atoms with Crippen LogP contribution < -0.4 is 0 Å². The maximum absolute atomic E-state index is 13.3. The number of hydrogen-bond acceptors (Lipinski definition) is 0. The van der Waals surface area contributed by atoms with Gasteiger partial charge < -0.3 is 0 Å². The zero-order chi connectivity index (χ0) is 33.9. The van der Waals surface area contributed by atoms with E-state index in [0.717, 1.165) is 44.5 Å². The summed E-state index contributed by atoms with van der Waals surface area (Å²) in [5.41, 5.74) is 15.8. The van der Waals surface area contributed by atoms with Gasteiger partial charge in [0.05, 0.1) is 0 Å². The van der Waals surface area contributed by atoms with E-state index in [1.165, 1.54) is 57.6 Å². The topological polar surface area (TPSA) is 0 Å². The molecule has 0 spiro atoms. The van der Waals surface area contributed by atoms with E-state index in [0.29, 0.717) is 0 Å². The minimum Gasteiger partial charge on any atom is -0.207 e. The first kappa shape index (κ1) is 30.9. The summed E-state index contributed by atoms with van der Waals surface area (Å²) in [4.78, 5) is 0. The molecule has 238 valence electrons. The molecule has 0 atom stereocenters. The Morgan fingerprint density at radius 3 is 0.320 bits per heavy atom. The average molecular weight is 647 g/mol. The highest BCUT2D eigenvalue weighted by Crippen LogP contribution is 2.32. The molecule has 8 aromatic carbocycles. The van der Waals surface area contributed by atoms with Gasteiger partial charge in [-0.2, -0.15) is 0 Å². The molecular weight excluding hydrogens is 615 g/mol. The number of rotatable bonds is 7. The molecule has 0 fully saturated rings. The fraction of sp³-hybridized carbons (Fsp3) is 0. The van der Waals surface area contributed by atoms with Crippen molar-refractivity contribution in [3.05, 3.63) is 206 Å². The smallest absolute Gasteiger partial charge is 0.123 e. The van der Waals surface area contributed by atoms with Crippen LogP contribution in [0.3, 0.4) is 0 Å². The molecule has 0 nitrogen and oxygen atoms in total. The van der Waals surface area contributed by atoms with E-state index < -0.39 is 0 Å². The van der Waals surface area contributed by atoms with Crippen LogP contribution in [0.15, 0.2) is 194 Å². The summed E-state index contributed by atoms with van der Waals surface area (Å²) in [6.07, 6.45) is 0. The zero-order valence-corrected chi connectivity index (χ0v) is 27.2. The molecule has 8 rings (SSSR count). The lowest BCUT2D eigenvalue weighted by molar-refractivity contribution is 0.627. The Bertz CT molecular complexity index is 2160. The molecule has 0 saturated carbocycles. The predicted molar refractivity (Wildman–Crippen MR) is 204 cm³/mol. The standard InChI is InChI=1S/C48H32F2/c49-47-29-25-45(26-30-47)43-21-17-41(18-22-43)39-13-9-37(10-14-39)35-5-1-33(2-6-35)34-3-7-36(8-4-34)38-11-15-40(16-12-38)42-19-23-44(24-20-42)46-27-31-48(50)32-28-46/h1-32H. The van der Waals surface area contributed by atoms with Gasteiger partial charge in [0.15, 0.2) is 0 Å². The molecule has 0 aliphatic heterocycles. The quantitative estimate of drug-likeness (QED) is 0.162. The third-order valence-electron chi connectivity index (χ3n) is 9.33. The van der Waals surface area contributed by atoms with Crippen molar-refractivity contribution in [3.8, 4) is 77.9 Å². The van der Waals surface area contributed by atoms with Crippen LogP contribution in [-0.2, 0) is 0 Å². The number of halogens is 2. The predicted octanol–water partition coefficient (Wildman–Crippen LogP) is 13.6. The van der Waals surface area contributed by atoms with E-state index in [9.17, 15) is 8.78 Å². The molecule has 8 aromatic rings. The van der Waals surface area contributed by atoms with Gasteiger partial charge in [0.1, 0.15) is 11.6 Å². The molecule has 50 heavy (non-hydrogen) atoms. The third-order valence-corrected chi connectivity index (χ3v) is 9.33. The van der Waals surface area contributed by atoms with Gasteiger partial charge in [-0.3, -0.25) is 0 Å². The van der Waals surface area contributed by atoms with Gasteiger partial charge in [0.2, 0.25) is 0 Å². The maximum Gasteiger partial charge on any atom is 0.123 e. The highest BCUT2D eigenvalue weighted by Gasteiger charge is 2.06. The van der Waals surface area contributed by atoms with Crippen molar-refractivity contribution in [2.24, 2.45) is 0 Å². The summed E-state index contributed by atoms with van der Waals surface area (Å²) in [5, 5.41) is 0. The summed E-state index contributed by atoms with van der Waals surface area (Å²) >= 11 is 0. The summed E-state index contributed by atoms with van der Waals surface area (Å²) in [5.74, 6) is -0.448. The summed E-state index contributed by atoms with van der Waals surface area (Å²) < 4.78 is 26.6. The Hall–Kier alpha value is -6.38. The van der Waals surface area contributed by atoms with Crippen molar-refractivity contribution in [3.63, 3.8) is 0 Å². The Balaban J connectivity index is 0.912. The molecule has 0 bridgehead atoms. The van der Waals surface area contributed by atoms with Crippen molar-refractivity contribution in [2.45, 2.75) is 0 Å². The Morgan fingerprint density at radius 1 is 0.140 bits per heavy atom. The second kappa shape index (κ2) is 13.6. The SMILES string of the molecule is Fc1ccc(-c2ccc(-c3ccc(-c4ccc(-c5ccc(-c6ccc(-c7ccc(-c8ccc(F)cc8)cc7)cc6)cc5)cc4)cc3)cc2)cc1. The molecule has 0 N–H and O–H groups in total. The second-order valence-electron chi connectivity index (χ2n) is 12.5. The second-order valence-corrected chi connectivity index (χ2v) is 12.5. The molecule has 0 aliphatic rings. The van der Waals surface area contributed by atoms with Crippen molar-refractivity contribution in [2.75, 3.05) is 0 Å². The first-order valence-electron chi connectivity index (χ1n) is 16.7. The van der Waals surface area contributed by atoms with E-state index >= 15 is 0 Å². The first-order chi connectivity index (χ1) is 24.6. The molecule has 0 radical (unpaired) electrons. The van der Waals surface area contributed by atoms with Crippen LogP contribution in [0, 0.1) is 11.6 Å². The summed E-state index contributed by atoms with van der Waals surface area (Å²) in [6.45, 7) is 0. The fourth-order valence-electron chi connectivity index (χ4n) is 6.42. The number of benzene rings is 8. The van der Waals surface area contributed by atoms with Gasteiger partial charge in [-0.15, -0.1) is 0 Å². The molecule has 0 heterocycles. The summed E-state index contributed by atoms with van der Waals surface area (Å²) in [7, 11) is 0. The van der Waals surface area contributed by atoms with Crippen LogP contribution in [-0.4, -0.2) is 0 Å².